The van der Waals surface area contributed by atoms with E-state index in [1.165, 1.54) is 5.56 Å². The minimum absolute atomic E-state index is 0. The minimum Gasteiger partial charge on any atom is -0.357 e. The SMILES string of the molecule is CCNC(=NCC(=O)N1CCCC1)NCCc1cn2cccc(C)c2n1.I. The topological polar surface area (TPSA) is 74.0 Å². The van der Waals surface area contributed by atoms with E-state index >= 15 is 0 Å². The van der Waals surface area contributed by atoms with Crippen molar-refractivity contribution in [3.63, 3.8) is 0 Å². The summed E-state index contributed by atoms with van der Waals surface area (Å²) in [5.41, 5.74) is 3.21. The van der Waals surface area contributed by atoms with Crippen molar-refractivity contribution in [1.82, 2.24) is 24.9 Å². The normalized spacial score (nSPS) is 14.3. The van der Waals surface area contributed by atoms with Gasteiger partial charge in [-0.1, -0.05) is 6.07 Å². The van der Waals surface area contributed by atoms with Crippen LogP contribution in [0.25, 0.3) is 5.65 Å². The number of amides is 1. The Morgan fingerprint density at radius 1 is 1.30 bits per heavy atom. The molecule has 3 rings (SSSR count). The van der Waals surface area contributed by atoms with Crippen molar-refractivity contribution >= 4 is 41.5 Å². The highest BCUT2D eigenvalue weighted by molar-refractivity contribution is 14.0. The lowest BCUT2D eigenvalue weighted by atomic mass is 10.3. The zero-order valence-corrected chi connectivity index (χ0v) is 18.4. The number of fused-ring (bicyclic) bond motifs is 1. The Bertz CT molecular complexity index is 782. The second-order valence-electron chi connectivity index (χ2n) is 6.61. The first-order chi connectivity index (χ1) is 12.7. The number of hydrogen-bond donors (Lipinski definition) is 2. The lowest BCUT2D eigenvalue weighted by Crippen LogP contribution is -2.39. The number of likely N-dealkylation sites (tertiary alicyclic amines) is 1. The third-order valence-electron chi connectivity index (χ3n) is 4.58. The molecular weight excluding hydrogens is 455 g/mol. The first kappa shape index (κ1) is 21.5. The molecule has 1 amide bonds. The number of guanidine groups is 1. The molecule has 27 heavy (non-hydrogen) atoms. The molecule has 0 aromatic carbocycles. The highest BCUT2D eigenvalue weighted by Crippen LogP contribution is 2.10. The van der Waals surface area contributed by atoms with E-state index in [2.05, 4.69) is 44.2 Å². The van der Waals surface area contributed by atoms with Gasteiger partial charge in [0.05, 0.1) is 5.69 Å². The molecule has 1 aliphatic heterocycles. The molecule has 8 heteroatoms. The summed E-state index contributed by atoms with van der Waals surface area (Å²) in [6.45, 7) is 7.49. The number of pyridine rings is 1. The van der Waals surface area contributed by atoms with Crippen LogP contribution in [0.5, 0.6) is 0 Å². The summed E-state index contributed by atoms with van der Waals surface area (Å²) in [7, 11) is 0. The van der Waals surface area contributed by atoms with Crippen LogP contribution in [0, 0.1) is 6.92 Å². The van der Waals surface area contributed by atoms with Crippen molar-refractivity contribution in [2.24, 2.45) is 4.99 Å². The Morgan fingerprint density at radius 3 is 2.78 bits per heavy atom. The zero-order valence-electron chi connectivity index (χ0n) is 16.1. The van der Waals surface area contributed by atoms with Crippen molar-refractivity contribution in [1.29, 1.82) is 0 Å². The average Bonchev–Trinajstić information content (AvgIpc) is 3.29. The fraction of sp³-hybridized carbons (Fsp3) is 0.526. The van der Waals surface area contributed by atoms with Crippen LogP contribution in [0.1, 0.15) is 31.0 Å². The summed E-state index contributed by atoms with van der Waals surface area (Å²) >= 11 is 0. The maximum absolute atomic E-state index is 12.1. The van der Waals surface area contributed by atoms with E-state index in [4.69, 9.17) is 0 Å². The van der Waals surface area contributed by atoms with Gasteiger partial charge in [0.2, 0.25) is 5.91 Å². The molecule has 7 nitrogen and oxygen atoms in total. The molecule has 0 bridgehead atoms. The summed E-state index contributed by atoms with van der Waals surface area (Å²) in [5, 5.41) is 6.49. The lowest BCUT2D eigenvalue weighted by molar-refractivity contribution is -0.128. The molecule has 0 radical (unpaired) electrons. The van der Waals surface area contributed by atoms with Crippen LogP contribution in [-0.2, 0) is 11.2 Å². The third-order valence-corrected chi connectivity index (χ3v) is 4.58. The number of rotatable bonds is 6. The molecule has 1 fully saturated rings. The Labute approximate surface area is 177 Å². The maximum atomic E-state index is 12.1. The van der Waals surface area contributed by atoms with Crippen molar-refractivity contribution in [2.45, 2.75) is 33.1 Å². The molecular formula is C19H29IN6O. The van der Waals surface area contributed by atoms with E-state index < -0.39 is 0 Å². The molecule has 0 saturated carbocycles. The quantitative estimate of drug-likeness (QED) is 0.374. The summed E-state index contributed by atoms with van der Waals surface area (Å²) in [4.78, 5) is 23.1. The zero-order chi connectivity index (χ0) is 18.4. The maximum Gasteiger partial charge on any atom is 0.244 e. The Morgan fingerprint density at radius 2 is 2.07 bits per heavy atom. The van der Waals surface area contributed by atoms with Gasteiger partial charge in [0.1, 0.15) is 12.2 Å². The van der Waals surface area contributed by atoms with Gasteiger partial charge < -0.3 is 19.9 Å². The van der Waals surface area contributed by atoms with Crippen LogP contribution in [-0.4, -0.2) is 58.9 Å². The third kappa shape index (κ3) is 5.82. The number of halogens is 1. The second-order valence-corrected chi connectivity index (χ2v) is 6.61. The van der Waals surface area contributed by atoms with Crippen LogP contribution in [0.3, 0.4) is 0 Å². The van der Waals surface area contributed by atoms with Gasteiger partial charge in [-0.3, -0.25) is 4.79 Å². The molecule has 148 valence electrons. The summed E-state index contributed by atoms with van der Waals surface area (Å²) in [6.07, 6.45) is 7.08. The number of carbonyl (C=O) groups excluding carboxylic acids is 1. The number of imidazole rings is 1. The highest BCUT2D eigenvalue weighted by Gasteiger charge is 2.17. The van der Waals surface area contributed by atoms with Gasteiger partial charge in [0, 0.05) is 45.0 Å². The Balaban J connectivity index is 0.00000261. The molecule has 2 aromatic heterocycles. The molecule has 0 aliphatic carbocycles. The molecule has 2 aromatic rings. The number of aliphatic imine (C=N–C) groups is 1. The van der Waals surface area contributed by atoms with Crippen molar-refractivity contribution in [3.8, 4) is 0 Å². The van der Waals surface area contributed by atoms with Gasteiger partial charge in [0.25, 0.3) is 0 Å². The monoisotopic (exact) mass is 484 g/mol. The molecule has 0 unspecified atom stereocenters. The van der Waals surface area contributed by atoms with E-state index in [1.807, 2.05) is 24.1 Å². The predicted molar refractivity (Wildman–Crippen MR) is 119 cm³/mol. The number of hydrogen-bond acceptors (Lipinski definition) is 3. The Kier molecular flexibility index (Phi) is 8.33. The van der Waals surface area contributed by atoms with Gasteiger partial charge in [0.15, 0.2) is 5.96 Å². The molecule has 0 atom stereocenters. The fourth-order valence-corrected chi connectivity index (χ4v) is 3.19. The minimum atomic E-state index is 0. The average molecular weight is 484 g/mol. The van der Waals surface area contributed by atoms with Crippen molar-refractivity contribution in [2.75, 3.05) is 32.7 Å². The number of aryl methyl sites for hydroxylation is 1. The van der Waals surface area contributed by atoms with Gasteiger partial charge in [-0.15, -0.1) is 24.0 Å². The van der Waals surface area contributed by atoms with Crippen molar-refractivity contribution < 1.29 is 4.79 Å². The van der Waals surface area contributed by atoms with E-state index in [0.717, 1.165) is 50.2 Å². The van der Waals surface area contributed by atoms with Gasteiger partial charge >= 0.3 is 0 Å². The summed E-state index contributed by atoms with van der Waals surface area (Å²) in [5.74, 6) is 0.788. The predicted octanol–water partition coefficient (Wildman–Crippen LogP) is 1.98. The lowest BCUT2D eigenvalue weighted by Gasteiger charge is -2.15. The summed E-state index contributed by atoms with van der Waals surface area (Å²) in [6, 6.07) is 4.09. The molecule has 0 spiro atoms. The van der Waals surface area contributed by atoms with Gasteiger partial charge in [-0.05, 0) is 38.3 Å². The number of nitrogens with zero attached hydrogens (tertiary/aromatic N) is 4. The van der Waals surface area contributed by atoms with Gasteiger partial charge in [-0.25, -0.2) is 9.98 Å². The molecule has 1 aliphatic rings. The smallest absolute Gasteiger partial charge is 0.244 e. The van der Waals surface area contributed by atoms with E-state index in [1.54, 1.807) is 0 Å². The first-order valence-corrected chi connectivity index (χ1v) is 9.40. The van der Waals surface area contributed by atoms with Crippen LogP contribution in [0.2, 0.25) is 0 Å². The highest BCUT2D eigenvalue weighted by atomic mass is 127. The molecule has 2 N–H and O–H groups in total. The number of nitrogens with one attached hydrogen (secondary N) is 2. The number of carbonyl (C=O) groups is 1. The van der Waals surface area contributed by atoms with Crippen LogP contribution in [0.15, 0.2) is 29.5 Å². The Hall–Kier alpha value is -1.84. The van der Waals surface area contributed by atoms with Crippen LogP contribution < -0.4 is 10.6 Å². The van der Waals surface area contributed by atoms with Crippen LogP contribution in [0.4, 0.5) is 0 Å². The first-order valence-electron chi connectivity index (χ1n) is 9.40. The molecule has 3 heterocycles. The summed E-state index contributed by atoms with van der Waals surface area (Å²) < 4.78 is 2.05. The van der Waals surface area contributed by atoms with E-state index in [0.29, 0.717) is 12.5 Å². The largest absolute Gasteiger partial charge is 0.357 e. The van der Waals surface area contributed by atoms with Gasteiger partial charge in [-0.2, -0.15) is 0 Å². The molecule has 1 saturated heterocycles. The second kappa shape index (κ2) is 10.5. The van der Waals surface area contributed by atoms with E-state index in [-0.39, 0.29) is 36.4 Å². The van der Waals surface area contributed by atoms with E-state index in [9.17, 15) is 4.79 Å². The van der Waals surface area contributed by atoms with Crippen LogP contribution >= 0.6 is 24.0 Å². The van der Waals surface area contributed by atoms with Crippen molar-refractivity contribution in [3.05, 3.63) is 35.8 Å². The fourth-order valence-electron chi connectivity index (χ4n) is 3.19. The number of aromatic nitrogens is 2. The standard InChI is InChI=1S/C19H28N6O.HI/c1-3-20-19(22-13-17(26)24-10-4-5-11-24)21-9-8-16-14-25-12-6-7-15(2)18(25)23-16;/h6-7,12,14H,3-5,8-11,13H2,1-2H3,(H2,20,21,22);1H.